The van der Waals surface area contributed by atoms with Crippen LogP contribution in [0, 0.1) is 5.92 Å². The van der Waals surface area contributed by atoms with Gasteiger partial charge in [-0.05, 0) is 12.3 Å². The standard InChI is InChI=1S/C9H17NO4/c1-6(5-14-3)4-8(9(12)13)10-7(2)11/h6,8H,4-5H2,1-3H3,(H,10,11)(H,12,13). The Morgan fingerprint density at radius 2 is 2.07 bits per heavy atom. The Labute approximate surface area is 83.4 Å². The number of carboxylic acid groups (broad SMARTS) is 1. The number of carbonyl (C=O) groups excluding carboxylic acids is 1. The van der Waals surface area contributed by atoms with E-state index in [1.54, 1.807) is 7.11 Å². The first-order valence-corrected chi connectivity index (χ1v) is 4.46. The molecule has 0 aromatic carbocycles. The zero-order chi connectivity index (χ0) is 11.1. The van der Waals surface area contributed by atoms with Crippen molar-refractivity contribution in [1.82, 2.24) is 5.32 Å². The first-order chi connectivity index (χ1) is 6.47. The minimum Gasteiger partial charge on any atom is -0.480 e. The van der Waals surface area contributed by atoms with Crippen molar-refractivity contribution in [3.05, 3.63) is 0 Å². The lowest BCUT2D eigenvalue weighted by atomic mass is 10.0. The summed E-state index contributed by atoms with van der Waals surface area (Å²) < 4.78 is 4.88. The SMILES string of the molecule is COCC(C)CC(NC(C)=O)C(=O)O. The number of methoxy groups -OCH3 is 1. The highest BCUT2D eigenvalue weighted by Crippen LogP contribution is 2.06. The minimum atomic E-state index is -1.01. The number of nitrogens with one attached hydrogen (secondary N) is 1. The van der Waals surface area contributed by atoms with E-state index < -0.39 is 12.0 Å². The van der Waals surface area contributed by atoms with E-state index in [0.717, 1.165) is 0 Å². The van der Waals surface area contributed by atoms with Crippen molar-refractivity contribution in [1.29, 1.82) is 0 Å². The molecule has 14 heavy (non-hydrogen) atoms. The molecule has 0 saturated carbocycles. The number of carbonyl (C=O) groups is 2. The van der Waals surface area contributed by atoms with E-state index >= 15 is 0 Å². The van der Waals surface area contributed by atoms with Crippen LogP contribution in [-0.4, -0.2) is 36.7 Å². The molecule has 0 heterocycles. The van der Waals surface area contributed by atoms with Gasteiger partial charge in [-0.3, -0.25) is 4.79 Å². The third-order valence-electron chi connectivity index (χ3n) is 1.76. The molecule has 0 aliphatic heterocycles. The molecule has 0 radical (unpaired) electrons. The summed E-state index contributed by atoms with van der Waals surface area (Å²) in [6, 6.07) is -0.822. The van der Waals surface area contributed by atoms with Gasteiger partial charge >= 0.3 is 5.97 Å². The van der Waals surface area contributed by atoms with Crippen LogP contribution in [0.25, 0.3) is 0 Å². The summed E-state index contributed by atoms with van der Waals surface area (Å²) in [6.45, 7) is 3.67. The van der Waals surface area contributed by atoms with Crippen molar-refractivity contribution in [2.45, 2.75) is 26.3 Å². The van der Waals surface area contributed by atoms with Gasteiger partial charge in [0.1, 0.15) is 6.04 Å². The average Bonchev–Trinajstić information content (AvgIpc) is 2.02. The van der Waals surface area contributed by atoms with Gasteiger partial charge in [-0.25, -0.2) is 4.79 Å². The molecule has 1 amide bonds. The zero-order valence-electron chi connectivity index (χ0n) is 8.74. The largest absolute Gasteiger partial charge is 0.480 e. The fourth-order valence-corrected chi connectivity index (χ4v) is 1.22. The Morgan fingerprint density at radius 3 is 2.43 bits per heavy atom. The van der Waals surface area contributed by atoms with Gasteiger partial charge in [0.05, 0.1) is 0 Å². The quantitative estimate of drug-likeness (QED) is 0.648. The van der Waals surface area contributed by atoms with Crippen LogP contribution < -0.4 is 5.32 Å². The Bertz CT molecular complexity index is 205. The maximum absolute atomic E-state index is 10.7. The first-order valence-electron chi connectivity index (χ1n) is 4.46. The van der Waals surface area contributed by atoms with Crippen LogP contribution >= 0.6 is 0 Å². The number of hydrogen-bond donors (Lipinski definition) is 2. The lowest BCUT2D eigenvalue weighted by Gasteiger charge is -2.17. The molecule has 2 unspecified atom stereocenters. The number of amides is 1. The molecule has 2 atom stereocenters. The summed E-state index contributed by atoms with van der Waals surface area (Å²) in [4.78, 5) is 21.4. The summed E-state index contributed by atoms with van der Waals surface area (Å²) in [5, 5.41) is 11.2. The maximum atomic E-state index is 10.7. The molecule has 0 fully saturated rings. The molecule has 5 heteroatoms. The molecule has 5 nitrogen and oxygen atoms in total. The molecule has 0 aromatic heterocycles. The number of carboxylic acids is 1. The summed E-state index contributed by atoms with van der Waals surface area (Å²) in [7, 11) is 1.56. The van der Waals surface area contributed by atoms with E-state index in [1.807, 2.05) is 6.92 Å². The molecule has 82 valence electrons. The van der Waals surface area contributed by atoms with Gasteiger partial charge < -0.3 is 15.2 Å². The number of aliphatic carboxylic acids is 1. The van der Waals surface area contributed by atoms with Crippen LogP contribution in [0.4, 0.5) is 0 Å². The van der Waals surface area contributed by atoms with Crippen molar-refractivity contribution >= 4 is 11.9 Å². The van der Waals surface area contributed by atoms with Crippen molar-refractivity contribution in [2.75, 3.05) is 13.7 Å². The molecule has 0 aliphatic carbocycles. The summed E-state index contributed by atoms with van der Waals surface area (Å²) in [6.07, 6.45) is 0.378. The monoisotopic (exact) mass is 203 g/mol. The molecule has 0 aliphatic rings. The van der Waals surface area contributed by atoms with E-state index in [9.17, 15) is 9.59 Å². The van der Waals surface area contributed by atoms with Crippen LogP contribution in [0.1, 0.15) is 20.3 Å². The van der Waals surface area contributed by atoms with Gasteiger partial charge in [0, 0.05) is 20.6 Å². The summed E-state index contributed by atoms with van der Waals surface area (Å²) >= 11 is 0. The molecule has 0 aromatic rings. The fourth-order valence-electron chi connectivity index (χ4n) is 1.22. The van der Waals surface area contributed by atoms with Crippen LogP contribution in [0.5, 0.6) is 0 Å². The topological polar surface area (TPSA) is 75.6 Å². The zero-order valence-corrected chi connectivity index (χ0v) is 8.74. The Balaban J connectivity index is 4.08. The Morgan fingerprint density at radius 1 is 1.50 bits per heavy atom. The number of hydrogen-bond acceptors (Lipinski definition) is 3. The molecular weight excluding hydrogens is 186 g/mol. The second-order valence-corrected chi connectivity index (χ2v) is 3.39. The van der Waals surface area contributed by atoms with Crippen LogP contribution in [0.3, 0.4) is 0 Å². The lowest BCUT2D eigenvalue weighted by Crippen LogP contribution is -2.41. The van der Waals surface area contributed by atoms with Crippen molar-refractivity contribution in [3.63, 3.8) is 0 Å². The minimum absolute atomic E-state index is 0.105. The third kappa shape index (κ3) is 5.53. The predicted octanol–water partition coefficient (Wildman–Crippen LogP) is 0.248. The van der Waals surface area contributed by atoms with E-state index in [2.05, 4.69) is 5.32 Å². The lowest BCUT2D eigenvalue weighted by molar-refractivity contribution is -0.142. The predicted molar refractivity (Wildman–Crippen MR) is 50.9 cm³/mol. The molecule has 0 rings (SSSR count). The van der Waals surface area contributed by atoms with E-state index in [-0.39, 0.29) is 11.8 Å². The molecule has 0 bridgehead atoms. The smallest absolute Gasteiger partial charge is 0.326 e. The Hall–Kier alpha value is -1.10. The van der Waals surface area contributed by atoms with Crippen LogP contribution in [-0.2, 0) is 14.3 Å². The first kappa shape index (κ1) is 12.9. The highest BCUT2D eigenvalue weighted by Gasteiger charge is 2.20. The average molecular weight is 203 g/mol. The normalized spacial score (nSPS) is 14.5. The molecular formula is C9H17NO4. The van der Waals surface area contributed by atoms with Crippen molar-refractivity contribution in [2.24, 2.45) is 5.92 Å². The highest BCUT2D eigenvalue weighted by molar-refractivity contribution is 5.81. The van der Waals surface area contributed by atoms with E-state index in [1.165, 1.54) is 6.92 Å². The highest BCUT2D eigenvalue weighted by atomic mass is 16.5. The van der Waals surface area contributed by atoms with Gasteiger partial charge in [-0.15, -0.1) is 0 Å². The third-order valence-corrected chi connectivity index (χ3v) is 1.76. The van der Waals surface area contributed by atoms with E-state index in [0.29, 0.717) is 13.0 Å². The van der Waals surface area contributed by atoms with Gasteiger partial charge in [0.15, 0.2) is 0 Å². The second kappa shape index (κ2) is 6.37. The van der Waals surface area contributed by atoms with Gasteiger partial charge in [0.25, 0.3) is 0 Å². The molecule has 0 spiro atoms. The van der Waals surface area contributed by atoms with Crippen molar-refractivity contribution in [3.8, 4) is 0 Å². The van der Waals surface area contributed by atoms with Crippen molar-refractivity contribution < 1.29 is 19.4 Å². The second-order valence-electron chi connectivity index (χ2n) is 3.39. The maximum Gasteiger partial charge on any atom is 0.326 e. The Kier molecular flexibility index (Phi) is 5.87. The molecule has 0 saturated heterocycles. The summed E-state index contributed by atoms with van der Waals surface area (Å²) in [5.74, 6) is -1.24. The van der Waals surface area contributed by atoms with Gasteiger partial charge in [0.2, 0.25) is 5.91 Å². The van der Waals surface area contributed by atoms with Gasteiger partial charge in [-0.2, -0.15) is 0 Å². The van der Waals surface area contributed by atoms with Crippen LogP contribution in [0.2, 0.25) is 0 Å². The summed E-state index contributed by atoms with van der Waals surface area (Å²) in [5.41, 5.74) is 0. The fraction of sp³-hybridized carbons (Fsp3) is 0.778. The number of rotatable bonds is 6. The van der Waals surface area contributed by atoms with E-state index in [4.69, 9.17) is 9.84 Å². The van der Waals surface area contributed by atoms with Crippen LogP contribution in [0.15, 0.2) is 0 Å². The number of ether oxygens (including phenoxy) is 1. The molecule has 2 N–H and O–H groups in total. The van der Waals surface area contributed by atoms with Gasteiger partial charge in [-0.1, -0.05) is 6.92 Å².